The topological polar surface area (TPSA) is 92.7 Å². The summed E-state index contributed by atoms with van der Waals surface area (Å²) in [5.41, 5.74) is 2.80. The van der Waals surface area contributed by atoms with Gasteiger partial charge in [-0.25, -0.2) is 4.98 Å². The van der Waals surface area contributed by atoms with Crippen LogP contribution in [0.15, 0.2) is 36.4 Å². The van der Waals surface area contributed by atoms with Crippen molar-refractivity contribution in [1.82, 2.24) is 15.6 Å². The van der Waals surface area contributed by atoms with E-state index in [2.05, 4.69) is 27.8 Å². The van der Waals surface area contributed by atoms with Gasteiger partial charge in [0.1, 0.15) is 11.3 Å². The molecule has 0 saturated carbocycles. The van der Waals surface area contributed by atoms with Crippen LogP contribution >= 0.6 is 11.6 Å². The molecule has 0 aliphatic carbocycles. The molecule has 2 unspecified atom stereocenters. The Hall–Kier alpha value is -2.19. The van der Waals surface area contributed by atoms with Crippen molar-refractivity contribution in [2.45, 2.75) is 31.2 Å². The van der Waals surface area contributed by atoms with Crippen LogP contribution in [-0.4, -0.2) is 54.0 Å². The zero-order chi connectivity index (χ0) is 19.5. The summed E-state index contributed by atoms with van der Waals surface area (Å²) in [5.74, 6) is -0.0497. The van der Waals surface area contributed by atoms with E-state index in [4.69, 9.17) is 21.1 Å². The van der Waals surface area contributed by atoms with Crippen LogP contribution in [0.1, 0.15) is 21.5 Å². The molecule has 1 aromatic heterocycles. The largest absolute Gasteiger partial charge is 0.469 e. The third-order valence-corrected chi connectivity index (χ3v) is 5.17. The highest BCUT2D eigenvalue weighted by Crippen LogP contribution is 2.20. The second-order valence-corrected chi connectivity index (χ2v) is 7.42. The lowest BCUT2D eigenvalue weighted by Gasteiger charge is -2.30. The molecule has 0 radical (unpaired) electrons. The quantitative estimate of drug-likeness (QED) is 0.630. The molecule has 148 valence electrons. The molecule has 2 atom stereocenters. The average Bonchev–Trinajstić information content (AvgIpc) is 2.68. The first kappa shape index (κ1) is 19.1. The van der Waals surface area contributed by atoms with E-state index in [9.17, 15) is 9.90 Å². The van der Waals surface area contributed by atoms with E-state index in [1.54, 1.807) is 6.07 Å². The summed E-state index contributed by atoms with van der Waals surface area (Å²) < 4.78 is 10.7. The van der Waals surface area contributed by atoms with E-state index >= 15 is 0 Å². The van der Waals surface area contributed by atoms with Crippen LogP contribution in [0.4, 0.5) is 0 Å². The van der Waals surface area contributed by atoms with Crippen molar-refractivity contribution in [2.24, 2.45) is 0 Å². The summed E-state index contributed by atoms with van der Waals surface area (Å²) >= 11 is 6.01. The van der Waals surface area contributed by atoms with Gasteiger partial charge >= 0.3 is 0 Å². The van der Waals surface area contributed by atoms with Gasteiger partial charge < -0.3 is 25.2 Å². The van der Waals surface area contributed by atoms with Crippen LogP contribution in [0.3, 0.4) is 0 Å². The van der Waals surface area contributed by atoms with Gasteiger partial charge in [-0.3, -0.25) is 4.79 Å². The molecule has 3 N–H and O–H groups in total. The minimum atomic E-state index is -0.711. The molecule has 1 amide bonds. The van der Waals surface area contributed by atoms with Crippen molar-refractivity contribution < 1.29 is 19.4 Å². The number of nitrogens with one attached hydrogen (secondary N) is 2. The molecule has 28 heavy (non-hydrogen) atoms. The van der Waals surface area contributed by atoms with Gasteiger partial charge in [-0.2, -0.15) is 0 Å². The number of pyridine rings is 1. The summed E-state index contributed by atoms with van der Waals surface area (Å²) in [6.45, 7) is 1.83. The first-order valence-electron chi connectivity index (χ1n) is 9.27. The standard InChI is InChI=1S/C20H22ClN3O4/c21-18-6-14(7-19(24-18)28-15-10-27-11-15)20(26)23-9-17(25)16-5-12-3-1-2-4-13(12)8-22-16/h1-4,6-7,15-17,22,25H,5,8-11H2,(H,23,26). The molecule has 0 spiro atoms. The first-order chi connectivity index (χ1) is 13.6. The number of benzene rings is 1. The number of rotatable bonds is 6. The monoisotopic (exact) mass is 403 g/mol. The minimum absolute atomic E-state index is 0.0658. The molecule has 3 heterocycles. The van der Waals surface area contributed by atoms with Crippen LogP contribution < -0.4 is 15.4 Å². The molecular formula is C20H22ClN3O4. The number of carbonyl (C=O) groups is 1. The molecule has 2 aliphatic rings. The summed E-state index contributed by atoms with van der Waals surface area (Å²) in [5, 5.41) is 16.8. The third kappa shape index (κ3) is 4.44. The van der Waals surface area contributed by atoms with Gasteiger partial charge in [-0.1, -0.05) is 35.9 Å². The van der Waals surface area contributed by atoms with Crippen molar-refractivity contribution in [3.63, 3.8) is 0 Å². The fraction of sp³-hybridized carbons (Fsp3) is 0.400. The van der Waals surface area contributed by atoms with Gasteiger partial charge in [0.15, 0.2) is 0 Å². The molecule has 4 rings (SSSR count). The molecule has 1 fully saturated rings. The second kappa shape index (κ2) is 8.45. The number of nitrogens with zero attached hydrogens (tertiary/aromatic N) is 1. The number of hydrogen-bond donors (Lipinski definition) is 3. The highest BCUT2D eigenvalue weighted by molar-refractivity contribution is 6.29. The maximum absolute atomic E-state index is 12.5. The normalized spacial score (nSPS) is 20.0. The summed E-state index contributed by atoms with van der Waals surface area (Å²) in [6, 6.07) is 11.1. The lowest BCUT2D eigenvalue weighted by atomic mass is 9.93. The van der Waals surface area contributed by atoms with Crippen LogP contribution in [0.25, 0.3) is 0 Å². The Morgan fingerprint density at radius 3 is 2.89 bits per heavy atom. The van der Waals surface area contributed by atoms with Crippen molar-refractivity contribution in [3.05, 3.63) is 58.2 Å². The maximum Gasteiger partial charge on any atom is 0.251 e. The minimum Gasteiger partial charge on any atom is -0.469 e. The number of aliphatic hydroxyl groups is 1. The van der Waals surface area contributed by atoms with E-state index in [0.717, 1.165) is 6.42 Å². The molecule has 1 saturated heterocycles. The van der Waals surface area contributed by atoms with Crippen LogP contribution in [0.5, 0.6) is 5.88 Å². The lowest BCUT2D eigenvalue weighted by Crippen LogP contribution is -2.49. The fourth-order valence-corrected chi connectivity index (χ4v) is 3.51. The number of aromatic nitrogens is 1. The van der Waals surface area contributed by atoms with Crippen molar-refractivity contribution in [1.29, 1.82) is 0 Å². The number of fused-ring (bicyclic) bond motifs is 1. The fourth-order valence-electron chi connectivity index (χ4n) is 3.31. The predicted molar refractivity (Wildman–Crippen MR) is 104 cm³/mol. The zero-order valence-corrected chi connectivity index (χ0v) is 16.0. The Morgan fingerprint density at radius 1 is 1.36 bits per heavy atom. The van der Waals surface area contributed by atoms with E-state index < -0.39 is 6.10 Å². The number of halogens is 1. The average molecular weight is 404 g/mol. The van der Waals surface area contributed by atoms with Gasteiger partial charge in [0.2, 0.25) is 5.88 Å². The molecule has 2 aromatic rings. The number of ether oxygens (including phenoxy) is 2. The molecule has 8 heteroatoms. The number of hydrogen-bond acceptors (Lipinski definition) is 6. The highest BCUT2D eigenvalue weighted by Gasteiger charge is 2.25. The second-order valence-electron chi connectivity index (χ2n) is 7.03. The number of amides is 1. The number of aliphatic hydroxyl groups excluding tert-OH is 1. The Balaban J connectivity index is 1.34. The van der Waals surface area contributed by atoms with E-state index in [-0.39, 0.29) is 35.6 Å². The van der Waals surface area contributed by atoms with Gasteiger partial charge in [-0.05, 0) is 23.6 Å². The predicted octanol–water partition coefficient (Wildman–Crippen LogP) is 1.32. The summed E-state index contributed by atoms with van der Waals surface area (Å²) in [4.78, 5) is 16.6. The van der Waals surface area contributed by atoms with E-state index in [0.29, 0.717) is 25.3 Å². The zero-order valence-electron chi connectivity index (χ0n) is 15.2. The maximum atomic E-state index is 12.5. The van der Waals surface area contributed by atoms with Crippen molar-refractivity contribution in [3.8, 4) is 5.88 Å². The van der Waals surface area contributed by atoms with Crippen molar-refractivity contribution >= 4 is 17.5 Å². The molecule has 7 nitrogen and oxygen atoms in total. The Kier molecular flexibility index (Phi) is 5.77. The van der Waals surface area contributed by atoms with Gasteiger partial charge in [0.25, 0.3) is 5.91 Å². The smallest absolute Gasteiger partial charge is 0.251 e. The van der Waals surface area contributed by atoms with Gasteiger partial charge in [0.05, 0.1) is 19.3 Å². The molecule has 2 aliphatic heterocycles. The molecular weight excluding hydrogens is 382 g/mol. The Labute approximate surface area is 168 Å². The van der Waals surface area contributed by atoms with Crippen LogP contribution in [0.2, 0.25) is 5.15 Å². The Bertz CT molecular complexity index is 859. The lowest BCUT2D eigenvalue weighted by molar-refractivity contribution is -0.0813. The van der Waals surface area contributed by atoms with Crippen LogP contribution in [0, 0.1) is 0 Å². The summed E-state index contributed by atoms with van der Waals surface area (Å²) in [6.07, 6.45) is -0.0585. The van der Waals surface area contributed by atoms with Crippen molar-refractivity contribution in [2.75, 3.05) is 19.8 Å². The summed E-state index contributed by atoms with van der Waals surface area (Å²) in [7, 11) is 0. The van der Waals surface area contributed by atoms with Gasteiger partial charge in [0, 0.05) is 30.8 Å². The van der Waals surface area contributed by atoms with Gasteiger partial charge in [-0.15, -0.1) is 0 Å². The van der Waals surface area contributed by atoms with E-state index in [1.165, 1.54) is 17.2 Å². The third-order valence-electron chi connectivity index (χ3n) is 4.98. The number of carbonyl (C=O) groups excluding carboxylic acids is 1. The highest BCUT2D eigenvalue weighted by atomic mass is 35.5. The molecule has 1 aromatic carbocycles. The molecule has 0 bridgehead atoms. The van der Waals surface area contributed by atoms with E-state index in [1.807, 2.05) is 12.1 Å². The first-order valence-corrected chi connectivity index (χ1v) is 9.64. The van der Waals surface area contributed by atoms with Crippen LogP contribution in [-0.2, 0) is 17.7 Å². The Morgan fingerprint density at radius 2 is 2.14 bits per heavy atom. The SMILES string of the molecule is O=C(NCC(O)C1Cc2ccccc2CN1)c1cc(Cl)nc(OC2COC2)c1.